The molecule has 78 valence electrons. The van der Waals surface area contributed by atoms with Crippen molar-refractivity contribution >= 4 is 11.6 Å². The third kappa shape index (κ3) is 2.50. The molecule has 3 heteroatoms. The number of hydrogen-bond donors (Lipinski definition) is 0. The highest BCUT2D eigenvalue weighted by Crippen LogP contribution is 2.29. The molecule has 1 aromatic heterocycles. The summed E-state index contributed by atoms with van der Waals surface area (Å²) in [5.74, 6) is 0.751. The summed E-state index contributed by atoms with van der Waals surface area (Å²) in [6.45, 7) is 0. The average Bonchev–Trinajstić information content (AvgIpc) is 2.51. The molecule has 0 spiro atoms. The highest BCUT2D eigenvalue weighted by molar-refractivity contribution is 6.20. The monoisotopic (exact) mass is 212 g/mol. The van der Waals surface area contributed by atoms with Crippen LogP contribution in [-0.4, -0.2) is 15.2 Å². The molecule has 1 fully saturated rings. The average molecular weight is 213 g/mol. The van der Waals surface area contributed by atoms with Crippen molar-refractivity contribution in [3.8, 4) is 0 Å². The lowest BCUT2D eigenvalue weighted by molar-refractivity contribution is 0.358. The third-order valence-corrected chi connectivity index (χ3v) is 3.38. The van der Waals surface area contributed by atoms with Crippen LogP contribution in [0.3, 0.4) is 0 Å². The standard InChI is InChI=1S/C11H17ClN2/c1-14-6-5-11(13-14)8-9-3-2-4-10(12)7-9/h5-6,9-10H,2-4,7-8H2,1H3. The van der Waals surface area contributed by atoms with Gasteiger partial charge in [0.25, 0.3) is 0 Å². The maximum atomic E-state index is 6.16. The highest BCUT2D eigenvalue weighted by atomic mass is 35.5. The maximum absolute atomic E-state index is 6.16. The van der Waals surface area contributed by atoms with Crippen molar-refractivity contribution in [1.29, 1.82) is 0 Å². The molecule has 0 saturated heterocycles. The molecule has 0 bridgehead atoms. The molecule has 0 amide bonds. The number of rotatable bonds is 2. The summed E-state index contributed by atoms with van der Waals surface area (Å²) in [7, 11) is 1.97. The van der Waals surface area contributed by atoms with Gasteiger partial charge in [-0.1, -0.05) is 6.42 Å². The Labute approximate surface area is 90.3 Å². The first-order valence-corrected chi connectivity index (χ1v) is 5.80. The molecule has 1 aliphatic carbocycles. The fraction of sp³-hybridized carbons (Fsp3) is 0.727. The minimum Gasteiger partial charge on any atom is -0.276 e. The SMILES string of the molecule is Cn1ccc(CC2CCCC(Cl)C2)n1. The Hall–Kier alpha value is -0.500. The smallest absolute Gasteiger partial charge is 0.0627 e. The molecular formula is C11H17ClN2. The lowest BCUT2D eigenvalue weighted by Gasteiger charge is -2.24. The minimum atomic E-state index is 0.400. The summed E-state index contributed by atoms with van der Waals surface area (Å²) < 4.78 is 1.87. The molecule has 1 heterocycles. The molecule has 0 aromatic carbocycles. The Balaban J connectivity index is 1.90. The Morgan fingerprint density at radius 1 is 1.57 bits per heavy atom. The second-order valence-electron chi connectivity index (χ2n) is 4.31. The first-order chi connectivity index (χ1) is 6.74. The van der Waals surface area contributed by atoms with Gasteiger partial charge in [-0.3, -0.25) is 4.68 Å². The molecule has 2 rings (SSSR count). The van der Waals surface area contributed by atoms with Crippen LogP contribution in [0.25, 0.3) is 0 Å². The van der Waals surface area contributed by atoms with E-state index in [9.17, 15) is 0 Å². The summed E-state index contributed by atoms with van der Waals surface area (Å²) in [5.41, 5.74) is 1.21. The summed E-state index contributed by atoms with van der Waals surface area (Å²) >= 11 is 6.16. The van der Waals surface area contributed by atoms with Crippen molar-refractivity contribution in [3.05, 3.63) is 18.0 Å². The van der Waals surface area contributed by atoms with E-state index >= 15 is 0 Å². The molecule has 1 aliphatic rings. The minimum absolute atomic E-state index is 0.400. The van der Waals surface area contributed by atoms with Gasteiger partial charge in [0.1, 0.15) is 0 Å². The molecule has 14 heavy (non-hydrogen) atoms. The highest BCUT2D eigenvalue weighted by Gasteiger charge is 2.20. The summed E-state index contributed by atoms with van der Waals surface area (Å²) in [6.07, 6.45) is 8.07. The number of alkyl halides is 1. The Bertz CT molecular complexity index is 295. The quantitative estimate of drug-likeness (QED) is 0.690. The van der Waals surface area contributed by atoms with E-state index in [-0.39, 0.29) is 0 Å². The van der Waals surface area contributed by atoms with E-state index in [1.165, 1.54) is 25.0 Å². The van der Waals surface area contributed by atoms with E-state index in [0.717, 1.165) is 18.8 Å². The van der Waals surface area contributed by atoms with Crippen LogP contribution in [0.5, 0.6) is 0 Å². The number of aromatic nitrogens is 2. The largest absolute Gasteiger partial charge is 0.276 e. The normalized spacial score (nSPS) is 27.9. The summed E-state index contributed by atoms with van der Waals surface area (Å²) in [5, 5.41) is 4.80. The van der Waals surface area contributed by atoms with E-state index < -0.39 is 0 Å². The Kier molecular flexibility index (Phi) is 3.12. The van der Waals surface area contributed by atoms with E-state index in [2.05, 4.69) is 11.2 Å². The van der Waals surface area contributed by atoms with Gasteiger partial charge in [-0.2, -0.15) is 5.10 Å². The van der Waals surface area contributed by atoms with Gasteiger partial charge in [0, 0.05) is 18.6 Å². The topological polar surface area (TPSA) is 17.8 Å². The van der Waals surface area contributed by atoms with Gasteiger partial charge in [0.15, 0.2) is 0 Å². The molecular weight excluding hydrogens is 196 g/mol. The van der Waals surface area contributed by atoms with Crippen molar-refractivity contribution < 1.29 is 0 Å². The van der Waals surface area contributed by atoms with Crippen LogP contribution in [-0.2, 0) is 13.5 Å². The van der Waals surface area contributed by atoms with E-state index in [4.69, 9.17) is 11.6 Å². The number of aryl methyl sites for hydroxylation is 1. The van der Waals surface area contributed by atoms with Crippen molar-refractivity contribution in [1.82, 2.24) is 9.78 Å². The van der Waals surface area contributed by atoms with Gasteiger partial charge in [-0.25, -0.2) is 0 Å². The van der Waals surface area contributed by atoms with Crippen molar-refractivity contribution in [2.24, 2.45) is 13.0 Å². The van der Waals surface area contributed by atoms with Crippen LogP contribution in [0.1, 0.15) is 31.4 Å². The molecule has 2 nitrogen and oxygen atoms in total. The molecule has 1 saturated carbocycles. The Morgan fingerprint density at radius 2 is 2.43 bits per heavy atom. The molecule has 0 radical (unpaired) electrons. The first kappa shape index (κ1) is 10.0. The zero-order chi connectivity index (χ0) is 9.97. The van der Waals surface area contributed by atoms with Crippen molar-refractivity contribution in [3.63, 3.8) is 0 Å². The zero-order valence-corrected chi connectivity index (χ0v) is 9.37. The fourth-order valence-electron chi connectivity index (χ4n) is 2.28. The van der Waals surface area contributed by atoms with Gasteiger partial charge in [-0.05, 0) is 37.7 Å². The second kappa shape index (κ2) is 4.35. The van der Waals surface area contributed by atoms with Crippen molar-refractivity contribution in [2.45, 2.75) is 37.5 Å². The molecule has 1 aromatic rings. The Morgan fingerprint density at radius 3 is 3.07 bits per heavy atom. The van der Waals surface area contributed by atoms with E-state index in [0.29, 0.717) is 5.38 Å². The van der Waals surface area contributed by atoms with Crippen LogP contribution in [0.15, 0.2) is 12.3 Å². The molecule has 0 aliphatic heterocycles. The van der Waals surface area contributed by atoms with Gasteiger partial charge in [0.05, 0.1) is 5.69 Å². The fourth-order valence-corrected chi connectivity index (χ4v) is 2.68. The van der Waals surface area contributed by atoms with Gasteiger partial charge in [-0.15, -0.1) is 11.6 Å². The van der Waals surface area contributed by atoms with E-state index in [1.54, 1.807) is 0 Å². The first-order valence-electron chi connectivity index (χ1n) is 5.36. The lowest BCUT2D eigenvalue weighted by atomic mass is 9.86. The van der Waals surface area contributed by atoms with Crippen LogP contribution in [0.4, 0.5) is 0 Å². The van der Waals surface area contributed by atoms with Gasteiger partial charge < -0.3 is 0 Å². The third-order valence-electron chi connectivity index (χ3n) is 2.99. The molecule has 0 N–H and O–H groups in total. The van der Waals surface area contributed by atoms with Crippen LogP contribution < -0.4 is 0 Å². The summed E-state index contributed by atoms with van der Waals surface area (Å²) in [4.78, 5) is 0. The summed E-state index contributed by atoms with van der Waals surface area (Å²) in [6, 6.07) is 2.11. The van der Waals surface area contributed by atoms with Gasteiger partial charge >= 0.3 is 0 Å². The maximum Gasteiger partial charge on any atom is 0.0627 e. The lowest BCUT2D eigenvalue weighted by Crippen LogP contribution is -2.17. The number of hydrogen-bond acceptors (Lipinski definition) is 1. The number of nitrogens with zero attached hydrogens (tertiary/aromatic N) is 2. The predicted molar refractivity (Wildman–Crippen MR) is 58.5 cm³/mol. The second-order valence-corrected chi connectivity index (χ2v) is 4.93. The predicted octanol–water partition coefficient (Wildman–Crippen LogP) is 2.76. The molecule has 2 atom stereocenters. The van der Waals surface area contributed by atoms with Crippen molar-refractivity contribution in [2.75, 3.05) is 0 Å². The van der Waals surface area contributed by atoms with Crippen LogP contribution in [0.2, 0.25) is 0 Å². The molecule has 2 unspecified atom stereocenters. The van der Waals surface area contributed by atoms with E-state index in [1.807, 2.05) is 17.9 Å². The zero-order valence-electron chi connectivity index (χ0n) is 8.62. The van der Waals surface area contributed by atoms with Crippen LogP contribution in [0, 0.1) is 5.92 Å². The van der Waals surface area contributed by atoms with Crippen LogP contribution >= 0.6 is 11.6 Å². The van der Waals surface area contributed by atoms with Gasteiger partial charge in [0.2, 0.25) is 0 Å². The number of halogens is 1.